The molecule has 0 bridgehead atoms. The Morgan fingerprint density at radius 3 is 2.62 bits per heavy atom. The van der Waals surface area contributed by atoms with Crippen LogP contribution in [0.15, 0.2) is 6.20 Å². The lowest BCUT2D eigenvalue weighted by Gasteiger charge is -2.15. The third kappa shape index (κ3) is 2.69. The maximum Gasteiger partial charge on any atom is 0.573 e. The van der Waals surface area contributed by atoms with Crippen molar-refractivity contribution in [2.75, 3.05) is 0 Å². The number of carbonyl (C=O) groups excluding carboxylic acids is 1. The van der Waals surface area contributed by atoms with Crippen molar-refractivity contribution in [3.8, 4) is 5.75 Å². The first kappa shape index (κ1) is 12.4. The number of pyridine rings is 1. The van der Waals surface area contributed by atoms with Crippen LogP contribution in [0.25, 0.3) is 0 Å². The molecule has 88 valence electrons. The van der Waals surface area contributed by atoms with Gasteiger partial charge in [0.25, 0.3) is 0 Å². The molecule has 0 unspecified atom stereocenters. The van der Waals surface area contributed by atoms with Crippen molar-refractivity contribution < 1.29 is 22.7 Å². The van der Waals surface area contributed by atoms with E-state index in [4.69, 9.17) is 5.73 Å². The summed E-state index contributed by atoms with van der Waals surface area (Å²) in [7, 11) is 0. The van der Waals surface area contributed by atoms with Crippen LogP contribution in [0.2, 0.25) is 0 Å². The second-order valence-electron chi connectivity index (χ2n) is 3.00. The molecule has 0 spiro atoms. The number of halogens is 3. The molecule has 0 amide bonds. The number of alkyl halides is 3. The number of hydrogen-bond donors (Lipinski definition) is 1. The van der Waals surface area contributed by atoms with E-state index in [2.05, 4.69) is 9.72 Å². The Morgan fingerprint density at radius 1 is 1.56 bits per heavy atom. The highest BCUT2D eigenvalue weighted by molar-refractivity contribution is 5.77. The molecule has 0 aromatic carbocycles. The molecule has 0 radical (unpaired) electrons. The number of hydrogen-bond acceptors (Lipinski definition) is 4. The normalized spacial score (nSPS) is 11.3. The molecule has 0 saturated heterocycles. The van der Waals surface area contributed by atoms with E-state index in [0.29, 0.717) is 5.56 Å². The van der Waals surface area contributed by atoms with Crippen molar-refractivity contribution in [3.05, 3.63) is 23.0 Å². The van der Waals surface area contributed by atoms with Gasteiger partial charge in [-0.05, 0) is 12.5 Å². The summed E-state index contributed by atoms with van der Waals surface area (Å²) in [5.41, 5.74) is 5.45. The van der Waals surface area contributed by atoms with Gasteiger partial charge in [0.1, 0.15) is 5.69 Å². The molecule has 0 fully saturated rings. The fourth-order valence-electron chi connectivity index (χ4n) is 1.20. The molecule has 0 aliphatic carbocycles. The molecule has 7 heteroatoms. The van der Waals surface area contributed by atoms with Gasteiger partial charge in [0.15, 0.2) is 12.0 Å². The molecular weight excluding hydrogens is 225 g/mol. The van der Waals surface area contributed by atoms with Crippen molar-refractivity contribution in [1.29, 1.82) is 0 Å². The highest BCUT2D eigenvalue weighted by atomic mass is 19.4. The van der Waals surface area contributed by atoms with Crippen LogP contribution in [0.5, 0.6) is 5.75 Å². The summed E-state index contributed by atoms with van der Waals surface area (Å²) in [5.74, 6) is -0.620. The first-order valence-corrected chi connectivity index (χ1v) is 4.28. The topological polar surface area (TPSA) is 65.2 Å². The summed E-state index contributed by atoms with van der Waals surface area (Å²) < 4.78 is 40.0. The number of nitrogens with zero attached hydrogens (tertiary/aromatic N) is 1. The predicted molar refractivity (Wildman–Crippen MR) is 48.9 cm³/mol. The molecule has 1 rings (SSSR count). The van der Waals surface area contributed by atoms with E-state index in [9.17, 15) is 18.0 Å². The number of aldehydes is 1. The van der Waals surface area contributed by atoms with Gasteiger partial charge in [-0.3, -0.25) is 4.79 Å². The van der Waals surface area contributed by atoms with Crippen LogP contribution in [-0.4, -0.2) is 17.6 Å². The zero-order valence-electron chi connectivity index (χ0n) is 8.34. The summed E-state index contributed by atoms with van der Waals surface area (Å²) >= 11 is 0. The lowest BCUT2D eigenvalue weighted by molar-refractivity contribution is -0.275. The van der Waals surface area contributed by atoms with Gasteiger partial charge in [-0.1, -0.05) is 0 Å². The fraction of sp³-hybridized carbons (Fsp3) is 0.333. The molecule has 0 aliphatic rings. The van der Waals surface area contributed by atoms with Gasteiger partial charge in [-0.15, -0.1) is 13.2 Å². The van der Waals surface area contributed by atoms with Gasteiger partial charge in [0, 0.05) is 18.3 Å². The van der Waals surface area contributed by atoms with Gasteiger partial charge >= 0.3 is 6.36 Å². The minimum Gasteiger partial charge on any atom is -0.403 e. The van der Waals surface area contributed by atoms with Crippen LogP contribution in [0.3, 0.4) is 0 Å². The number of ether oxygens (including phenoxy) is 1. The molecule has 2 N–H and O–H groups in total. The monoisotopic (exact) mass is 234 g/mol. The van der Waals surface area contributed by atoms with Gasteiger partial charge in [-0.25, -0.2) is 4.98 Å². The lowest BCUT2D eigenvalue weighted by Crippen LogP contribution is -2.21. The van der Waals surface area contributed by atoms with Crippen molar-refractivity contribution >= 4 is 6.29 Å². The standard InChI is InChI=1S/C9H9F3N2O2/c1-5-3-14-7(4-15)8(6(5)2-13)16-9(10,11)12/h3-4H,2,13H2,1H3. The molecule has 0 atom stereocenters. The number of carbonyl (C=O) groups is 1. The summed E-state index contributed by atoms with van der Waals surface area (Å²) in [4.78, 5) is 14.1. The van der Waals surface area contributed by atoms with Crippen molar-refractivity contribution in [2.24, 2.45) is 5.73 Å². The van der Waals surface area contributed by atoms with Gasteiger partial charge in [0.2, 0.25) is 0 Å². The first-order valence-electron chi connectivity index (χ1n) is 4.28. The largest absolute Gasteiger partial charge is 0.573 e. The summed E-state index contributed by atoms with van der Waals surface area (Å²) in [5, 5.41) is 0. The zero-order chi connectivity index (χ0) is 12.3. The minimum atomic E-state index is -4.88. The van der Waals surface area contributed by atoms with Crippen LogP contribution >= 0.6 is 0 Å². The first-order chi connectivity index (χ1) is 7.39. The number of aromatic nitrogens is 1. The third-order valence-electron chi connectivity index (χ3n) is 1.91. The van der Waals surface area contributed by atoms with Crippen LogP contribution in [0.1, 0.15) is 21.6 Å². The van der Waals surface area contributed by atoms with Gasteiger partial charge in [0.05, 0.1) is 0 Å². The maximum atomic E-state index is 12.1. The summed E-state index contributed by atoms with van der Waals surface area (Å²) in [6.07, 6.45) is -3.41. The van der Waals surface area contributed by atoms with Crippen molar-refractivity contribution in [2.45, 2.75) is 19.8 Å². The molecule has 0 saturated carbocycles. The van der Waals surface area contributed by atoms with E-state index in [1.807, 2.05) is 0 Å². The number of nitrogens with two attached hydrogens (primary N) is 1. The van der Waals surface area contributed by atoms with Gasteiger partial charge < -0.3 is 10.5 Å². The predicted octanol–water partition coefficient (Wildman–Crippen LogP) is 1.56. The van der Waals surface area contributed by atoms with Crippen LogP contribution in [0, 0.1) is 6.92 Å². The molecule has 1 aromatic rings. The third-order valence-corrected chi connectivity index (χ3v) is 1.91. The average Bonchev–Trinajstić information content (AvgIpc) is 2.16. The Morgan fingerprint density at radius 2 is 2.19 bits per heavy atom. The van der Waals surface area contributed by atoms with E-state index in [1.54, 1.807) is 0 Å². The van der Waals surface area contributed by atoms with Crippen LogP contribution in [0.4, 0.5) is 13.2 Å². The molecule has 0 aliphatic heterocycles. The summed E-state index contributed by atoms with van der Waals surface area (Å²) in [6, 6.07) is 0. The second kappa shape index (κ2) is 4.48. The Hall–Kier alpha value is -1.63. The Kier molecular flexibility index (Phi) is 3.48. The molecule has 4 nitrogen and oxygen atoms in total. The molecule has 1 heterocycles. The fourth-order valence-corrected chi connectivity index (χ4v) is 1.20. The number of rotatable bonds is 3. The van der Waals surface area contributed by atoms with E-state index >= 15 is 0 Å². The van der Waals surface area contributed by atoms with Crippen molar-refractivity contribution in [3.63, 3.8) is 0 Å². The van der Waals surface area contributed by atoms with E-state index in [-0.39, 0.29) is 18.4 Å². The van der Waals surface area contributed by atoms with Crippen LogP contribution in [-0.2, 0) is 6.54 Å². The smallest absolute Gasteiger partial charge is 0.403 e. The van der Waals surface area contributed by atoms with Crippen molar-refractivity contribution in [1.82, 2.24) is 4.98 Å². The highest BCUT2D eigenvalue weighted by Crippen LogP contribution is 2.29. The second-order valence-corrected chi connectivity index (χ2v) is 3.00. The quantitative estimate of drug-likeness (QED) is 0.806. The van der Waals surface area contributed by atoms with E-state index in [0.717, 1.165) is 0 Å². The van der Waals surface area contributed by atoms with E-state index < -0.39 is 17.8 Å². The summed E-state index contributed by atoms with van der Waals surface area (Å²) in [6.45, 7) is 1.37. The lowest BCUT2D eigenvalue weighted by atomic mass is 10.1. The zero-order valence-corrected chi connectivity index (χ0v) is 8.34. The molecule has 16 heavy (non-hydrogen) atoms. The molecule has 1 aromatic heterocycles. The minimum absolute atomic E-state index is 0.120. The van der Waals surface area contributed by atoms with Crippen LogP contribution < -0.4 is 10.5 Å². The number of aryl methyl sites for hydroxylation is 1. The Balaban J connectivity index is 3.31. The Labute approximate surface area is 89.2 Å². The van der Waals surface area contributed by atoms with Gasteiger partial charge in [-0.2, -0.15) is 0 Å². The SMILES string of the molecule is Cc1cnc(C=O)c(OC(F)(F)F)c1CN. The molecular formula is C9H9F3N2O2. The maximum absolute atomic E-state index is 12.1. The Bertz CT molecular complexity index is 404. The average molecular weight is 234 g/mol. The van der Waals surface area contributed by atoms with E-state index in [1.165, 1.54) is 13.1 Å². The highest BCUT2D eigenvalue weighted by Gasteiger charge is 2.33.